The van der Waals surface area contributed by atoms with Gasteiger partial charge in [0, 0.05) is 11.4 Å². The molecule has 3 rings (SSSR count). The number of benzene rings is 2. The van der Waals surface area contributed by atoms with Gasteiger partial charge in [-0.2, -0.15) is 5.26 Å². The van der Waals surface area contributed by atoms with Gasteiger partial charge in [-0.1, -0.05) is 6.07 Å². The molecule has 1 aromatic heterocycles. The van der Waals surface area contributed by atoms with Crippen LogP contribution in [0.2, 0.25) is 0 Å². The van der Waals surface area contributed by atoms with E-state index < -0.39 is 5.97 Å². The third kappa shape index (κ3) is 4.18. The number of esters is 1. The fourth-order valence-electron chi connectivity index (χ4n) is 2.16. The molecular weight excluding hydrogens is 352 g/mol. The molecule has 0 N–H and O–H groups in total. The maximum Gasteiger partial charge on any atom is 0.343 e. The van der Waals surface area contributed by atoms with Crippen LogP contribution in [0.3, 0.4) is 0 Å². The van der Waals surface area contributed by atoms with Crippen LogP contribution in [-0.4, -0.2) is 18.1 Å². The molecule has 6 nitrogen and oxygen atoms in total. The van der Waals surface area contributed by atoms with E-state index in [-0.39, 0.29) is 5.75 Å². The second-order valence-electron chi connectivity index (χ2n) is 5.16. The highest BCUT2D eigenvalue weighted by atomic mass is 32.1. The molecule has 130 valence electrons. The van der Waals surface area contributed by atoms with Crippen molar-refractivity contribution in [3.8, 4) is 23.3 Å². The number of nitriles is 1. The molecule has 0 bridgehead atoms. The fraction of sp³-hybridized carbons (Fsp3) is 0.105. The van der Waals surface area contributed by atoms with Gasteiger partial charge in [0.1, 0.15) is 12.4 Å². The normalized spacial score (nSPS) is 10.0. The predicted molar refractivity (Wildman–Crippen MR) is 95.6 cm³/mol. The summed E-state index contributed by atoms with van der Waals surface area (Å²) < 4.78 is 16.2. The van der Waals surface area contributed by atoms with Gasteiger partial charge >= 0.3 is 5.97 Å². The molecule has 2 aromatic carbocycles. The van der Waals surface area contributed by atoms with E-state index in [2.05, 4.69) is 4.98 Å². The van der Waals surface area contributed by atoms with Gasteiger partial charge in [0.15, 0.2) is 11.5 Å². The molecule has 26 heavy (non-hydrogen) atoms. The standard InChI is InChI=1S/C19H14N2O4S/c1-23-18-7-13(9-20)5-6-17(18)25-19(22)14-3-2-4-16(8-14)24-10-15-11-26-12-21-15/h2-8,11-12H,10H2,1H3. The lowest BCUT2D eigenvalue weighted by Crippen LogP contribution is -2.09. The van der Waals surface area contributed by atoms with Gasteiger partial charge in [-0.05, 0) is 30.3 Å². The molecule has 0 radical (unpaired) electrons. The second kappa shape index (κ2) is 8.14. The first kappa shape index (κ1) is 17.5. The Hall–Kier alpha value is -3.37. The van der Waals surface area contributed by atoms with Gasteiger partial charge < -0.3 is 14.2 Å². The lowest BCUT2D eigenvalue weighted by molar-refractivity contribution is 0.0729. The summed E-state index contributed by atoms with van der Waals surface area (Å²) in [6.07, 6.45) is 0. The molecule has 0 aliphatic heterocycles. The molecule has 3 aromatic rings. The Morgan fingerprint density at radius 2 is 2.12 bits per heavy atom. The maximum atomic E-state index is 12.4. The second-order valence-corrected chi connectivity index (χ2v) is 5.88. The summed E-state index contributed by atoms with van der Waals surface area (Å²) in [7, 11) is 1.45. The van der Waals surface area contributed by atoms with E-state index in [1.54, 1.807) is 35.8 Å². The van der Waals surface area contributed by atoms with Crippen molar-refractivity contribution in [1.29, 1.82) is 5.26 Å². The molecule has 0 unspecified atom stereocenters. The minimum atomic E-state index is -0.549. The topological polar surface area (TPSA) is 81.4 Å². The number of rotatable bonds is 6. The Morgan fingerprint density at radius 3 is 2.85 bits per heavy atom. The number of aromatic nitrogens is 1. The molecule has 0 atom stereocenters. The molecule has 0 aliphatic carbocycles. The summed E-state index contributed by atoms with van der Waals surface area (Å²) in [5.41, 5.74) is 3.31. The highest BCUT2D eigenvalue weighted by molar-refractivity contribution is 7.07. The van der Waals surface area contributed by atoms with Crippen LogP contribution >= 0.6 is 11.3 Å². The van der Waals surface area contributed by atoms with Crippen molar-refractivity contribution in [3.63, 3.8) is 0 Å². The minimum absolute atomic E-state index is 0.241. The van der Waals surface area contributed by atoms with E-state index in [0.29, 0.717) is 29.2 Å². The van der Waals surface area contributed by atoms with E-state index >= 15 is 0 Å². The molecule has 1 heterocycles. The van der Waals surface area contributed by atoms with Crippen LogP contribution in [0.1, 0.15) is 21.6 Å². The highest BCUT2D eigenvalue weighted by Crippen LogP contribution is 2.29. The first-order valence-electron chi connectivity index (χ1n) is 7.60. The third-order valence-electron chi connectivity index (χ3n) is 3.44. The first-order chi connectivity index (χ1) is 12.7. The van der Waals surface area contributed by atoms with Crippen molar-refractivity contribution >= 4 is 17.3 Å². The summed E-state index contributed by atoms with van der Waals surface area (Å²) in [5.74, 6) is 0.546. The monoisotopic (exact) mass is 366 g/mol. The van der Waals surface area contributed by atoms with E-state index in [9.17, 15) is 4.79 Å². The molecule has 0 amide bonds. The van der Waals surface area contributed by atoms with Crippen molar-refractivity contribution in [2.75, 3.05) is 7.11 Å². The Bertz CT molecular complexity index is 948. The van der Waals surface area contributed by atoms with Crippen LogP contribution in [0.25, 0.3) is 0 Å². The zero-order valence-electron chi connectivity index (χ0n) is 13.8. The largest absolute Gasteiger partial charge is 0.493 e. The minimum Gasteiger partial charge on any atom is -0.493 e. The lowest BCUT2D eigenvalue weighted by atomic mass is 10.2. The highest BCUT2D eigenvalue weighted by Gasteiger charge is 2.14. The Balaban J connectivity index is 1.72. The molecule has 0 saturated heterocycles. The lowest BCUT2D eigenvalue weighted by Gasteiger charge is -2.10. The Morgan fingerprint density at radius 1 is 1.23 bits per heavy atom. The van der Waals surface area contributed by atoms with Gasteiger partial charge in [0.2, 0.25) is 0 Å². The smallest absolute Gasteiger partial charge is 0.343 e. The van der Waals surface area contributed by atoms with E-state index in [1.165, 1.54) is 30.6 Å². The van der Waals surface area contributed by atoms with E-state index in [0.717, 1.165) is 5.69 Å². The number of ether oxygens (including phenoxy) is 3. The van der Waals surface area contributed by atoms with Gasteiger partial charge in [0.05, 0.1) is 35.5 Å². The van der Waals surface area contributed by atoms with Gasteiger partial charge in [-0.15, -0.1) is 11.3 Å². The summed E-state index contributed by atoms with van der Waals surface area (Å²) in [4.78, 5) is 16.6. The zero-order valence-corrected chi connectivity index (χ0v) is 14.7. The number of nitrogens with zero attached hydrogens (tertiary/aromatic N) is 2. The molecule has 7 heteroatoms. The molecule has 0 fully saturated rings. The van der Waals surface area contributed by atoms with Crippen LogP contribution in [-0.2, 0) is 6.61 Å². The molecule has 0 saturated carbocycles. The van der Waals surface area contributed by atoms with Gasteiger partial charge in [-0.3, -0.25) is 0 Å². The third-order valence-corrected chi connectivity index (χ3v) is 4.07. The number of hydrogen-bond acceptors (Lipinski definition) is 7. The summed E-state index contributed by atoms with van der Waals surface area (Å²) >= 11 is 1.49. The van der Waals surface area contributed by atoms with Crippen LogP contribution in [0.4, 0.5) is 0 Å². The number of thiazole rings is 1. The molecule has 0 spiro atoms. The van der Waals surface area contributed by atoms with Crippen molar-refractivity contribution in [3.05, 3.63) is 70.2 Å². The van der Waals surface area contributed by atoms with Crippen molar-refractivity contribution in [2.45, 2.75) is 6.61 Å². The van der Waals surface area contributed by atoms with E-state index in [1.807, 2.05) is 11.4 Å². The average Bonchev–Trinajstić information content (AvgIpc) is 3.20. The first-order valence-corrected chi connectivity index (χ1v) is 8.54. The van der Waals surface area contributed by atoms with Crippen LogP contribution in [0.5, 0.6) is 17.2 Å². The van der Waals surface area contributed by atoms with Crippen molar-refractivity contribution in [1.82, 2.24) is 4.98 Å². The van der Waals surface area contributed by atoms with Crippen LogP contribution in [0, 0.1) is 11.3 Å². The average molecular weight is 366 g/mol. The fourth-order valence-corrected chi connectivity index (χ4v) is 2.70. The molecule has 0 aliphatic rings. The summed E-state index contributed by atoms with van der Waals surface area (Å²) in [5, 5.41) is 10.8. The quantitative estimate of drug-likeness (QED) is 0.487. The Kier molecular flexibility index (Phi) is 5.46. The van der Waals surface area contributed by atoms with Crippen LogP contribution < -0.4 is 14.2 Å². The SMILES string of the molecule is COc1cc(C#N)ccc1OC(=O)c1cccc(OCc2cscn2)c1. The summed E-state index contributed by atoms with van der Waals surface area (Å²) in [6.45, 7) is 0.325. The van der Waals surface area contributed by atoms with Gasteiger partial charge in [-0.25, -0.2) is 9.78 Å². The van der Waals surface area contributed by atoms with Gasteiger partial charge in [0.25, 0.3) is 0 Å². The Labute approximate surface area is 154 Å². The number of carbonyl (C=O) groups excluding carboxylic acids is 1. The summed E-state index contributed by atoms with van der Waals surface area (Å²) in [6, 6.07) is 13.3. The predicted octanol–water partition coefficient (Wildman–Crippen LogP) is 3.82. The maximum absolute atomic E-state index is 12.4. The van der Waals surface area contributed by atoms with Crippen LogP contribution in [0.15, 0.2) is 53.4 Å². The van der Waals surface area contributed by atoms with Crippen molar-refractivity contribution < 1.29 is 19.0 Å². The zero-order chi connectivity index (χ0) is 18.4. The van der Waals surface area contributed by atoms with E-state index in [4.69, 9.17) is 19.5 Å². The number of carbonyl (C=O) groups is 1. The number of hydrogen-bond donors (Lipinski definition) is 0. The van der Waals surface area contributed by atoms with Crippen molar-refractivity contribution in [2.24, 2.45) is 0 Å². The number of methoxy groups -OCH3 is 1. The molecular formula is C19H14N2O4S.